The molecular formula is C20H20N6O2. The first-order chi connectivity index (χ1) is 13.7. The Kier molecular flexibility index (Phi) is 5.09. The Morgan fingerprint density at radius 2 is 2.00 bits per heavy atom. The molecule has 4 rings (SSSR count). The number of benzene rings is 2. The van der Waals surface area contributed by atoms with E-state index in [1.807, 2.05) is 42.5 Å². The number of amides is 2. The zero-order valence-electron chi connectivity index (χ0n) is 15.2. The molecule has 1 saturated heterocycles. The largest absolute Gasteiger partial charge is 0.342 e. The monoisotopic (exact) mass is 376 g/mol. The summed E-state index contributed by atoms with van der Waals surface area (Å²) in [4.78, 5) is 26.7. The van der Waals surface area contributed by atoms with Crippen molar-refractivity contribution in [2.45, 2.75) is 12.8 Å². The number of nitrogens with zero attached hydrogens (tertiary/aromatic N) is 5. The number of hydrogen-bond acceptors (Lipinski definition) is 5. The molecule has 2 aromatic carbocycles. The molecule has 8 nitrogen and oxygen atoms in total. The van der Waals surface area contributed by atoms with E-state index in [-0.39, 0.29) is 24.2 Å². The van der Waals surface area contributed by atoms with Crippen molar-refractivity contribution in [3.8, 4) is 5.69 Å². The second-order valence-corrected chi connectivity index (χ2v) is 6.77. The van der Waals surface area contributed by atoms with Crippen LogP contribution in [-0.4, -0.2) is 50.0 Å². The van der Waals surface area contributed by atoms with E-state index >= 15 is 0 Å². The van der Waals surface area contributed by atoms with Crippen molar-refractivity contribution in [3.05, 3.63) is 66.5 Å². The molecule has 0 radical (unpaired) electrons. The fourth-order valence-corrected chi connectivity index (χ4v) is 3.32. The van der Waals surface area contributed by atoms with Crippen LogP contribution >= 0.6 is 0 Å². The lowest BCUT2D eigenvalue weighted by Crippen LogP contribution is -2.30. The van der Waals surface area contributed by atoms with Crippen LogP contribution in [0.2, 0.25) is 0 Å². The molecule has 1 atom stereocenters. The third-order valence-corrected chi connectivity index (χ3v) is 4.83. The molecule has 3 aromatic rings. The van der Waals surface area contributed by atoms with Gasteiger partial charge in [-0.15, -0.1) is 5.10 Å². The molecule has 0 aliphatic carbocycles. The minimum absolute atomic E-state index is 0.0264. The Bertz CT molecular complexity index is 958. The van der Waals surface area contributed by atoms with Crippen LogP contribution in [0.25, 0.3) is 5.69 Å². The molecule has 142 valence electrons. The molecule has 2 amide bonds. The van der Waals surface area contributed by atoms with Gasteiger partial charge in [-0.25, -0.2) is 4.68 Å². The fourth-order valence-electron chi connectivity index (χ4n) is 3.32. The topological polar surface area (TPSA) is 93.0 Å². The Morgan fingerprint density at radius 1 is 1.14 bits per heavy atom. The lowest BCUT2D eigenvalue weighted by molar-refractivity contribution is -0.128. The molecule has 1 aliphatic heterocycles. The van der Waals surface area contributed by atoms with Crippen molar-refractivity contribution in [2.75, 3.05) is 18.4 Å². The predicted molar refractivity (Wildman–Crippen MR) is 103 cm³/mol. The maximum atomic E-state index is 12.6. The highest BCUT2D eigenvalue weighted by atomic mass is 16.2. The number of tetrazole rings is 1. The van der Waals surface area contributed by atoms with Crippen LogP contribution < -0.4 is 5.32 Å². The van der Waals surface area contributed by atoms with Gasteiger partial charge in [-0.3, -0.25) is 9.59 Å². The van der Waals surface area contributed by atoms with Gasteiger partial charge in [-0.1, -0.05) is 36.4 Å². The van der Waals surface area contributed by atoms with Gasteiger partial charge in [0.25, 0.3) is 0 Å². The number of hydrogen-bond donors (Lipinski definition) is 1. The van der Waals surface area contributed by atoms with Crippen molar-refractivity contribution in [1.29, 1.82) is 0 Å². The lowest BCUT2D eigenvalue weighted by Gasteiger charge is -2.16. The molecule has 1 aromatic heterocycles. The number of carbonyl (C=O) groups is 2. The smallest absolute Gasteiger partial charge is 0.229 e. The number of carbonyl (C=O) groups excluding carboxylic acids is 2. The number of rotatable bonds is 6. The fraction of sp³-hybridized carbons (Fsp3) is 0.250. The van der Waals surface area contributed by atoms with Crippen LogP contribution in [0.3, 0.4) is 0 Å². The van der Waals surface area contributed by atoms with E-state index in [1.165, 1.54) is 16.6 Å². The third-order valence-electron chi connectivity index (χ3n) is 4.83. The Labute approximate surface area is 162 Å². The quantitative estimate of drug-likeness (QED) is 0.707. The molecule has 8 heteroatoms. The molecule has 0 bridgehead atoms. The molecule has 0 spiro atoms. The first kappa shape index (κ1) is 17.8. The highest BCUT2D eigenvalue weighted by Crippen LogP contribution is 2.21. The van der Waals surface area contributed by atoms with Gasteiger partial charge in [0.15, 0.2) is 0 Å². The lowest BCUT2D eigenvalue weighted by atomic mass is 10.1. The standard InChI is InChI=1S/C20H20N6O2/c27-19-11-16(13-25(19)10-9-15-5-2-1-3-6-15)20(28)22-17-7-4-8-18(12-17)26-14-21-23-24-26/h1-8,12,14,16H,9-11,13H2,(H,22,28)/t16-/m1/s1. The predicted octanol–water partition coefficient (Wildman–Crippen LogP) is 1.69. The van der Waals surface area contributed by atoms with Gasteiger partial charge < -0.3 is 10.2 Å². The van der Waals surface area contributed by atoms with Crippen LogP contribution in [0.1, 0.15) is 12.0 Å². The maximum Gasteiger partial charge on any atom is 0.229 e. The van der Waals surface area contributed by atoms with Crippen LogP contribution in [0.4, 0.5) is 5.69 Å². The molecule has 1 N–H and O–H groups in total. The van der Waals surface area contributed by atoms with Crippen molar-refractivity contribution in [1.82, 2.24) is 25.1 Å². The molecule has 28 heavy (non-hydrogen) atoms. The van der Waals surface area contributed by atoms with Crippen molar-refractivity contribution in [2.24, 2.45) is 5.92 Å². The molecule has 1 aliphatic rings. The normalized spacial score (nSPS) is 16.4. The van der Waals surface area contributed by atoms with E-state index < -0.39 is 0 Å². The number of likely N-dealkylation sites (tertiary alicyclic amines) is 1. The molecular weight excluding hydrogens is 356 g/mol. The van der Waals surface area contributed by atoms with E-state index in [4.69, 9.17) is 0 Å². The minimum Gasteiger partial charge on any atom is -0.342 e. The van der Waals surface area contributed by atoms with Crippen LogP contribution in [0.15, 0.2) is 60.9 Å². The summed E-state index contributed by atoms with van der Waals surface area (Å²) in [5.74, 6) is -0.470. The van der Waals surface area contributed by atoms with Crippen molar-refractivity contribution >= 4 is 17.5 Å². The van der Waals surface area contributed by atoms with E-state index in [2.05, 4.69) is 20.8 Å². The van der Waals surface area contributed by atoms with E-state index in [1.54, 1.807) is 17.0 Å². The van der Waals surface area contributed by atoms with Gasteiger partial charge in [0.1, 0.15) is 6.33 Å². The summed E-state index contributed by atoms with van der Waals surface area (Å²) in [5.41, 5.74) is 2.57. The highest BCUT2D eigenvalue weighted by Gasteiger charge is 2.34. The van der Waals surface area contributed by atoms with Crippen molar-refractivity contribution < 1.29 is 9.59 Å². The Hall–Kier alpha value is -3.55. The molecule has 2 heterocycles. The summed E-state index contributed by atoms with van der Waals surface area (Å²) < 4.78 is 1.51. The number of anilines is 1. The van der Waals surface area contributed by atoms with Gasteiger partial charge in [0, 0.05) is 25.2 Å². The second kappa shape index (κ2) is 7.99. The zero-order chi connectivity index (χ0) is 19.3. The highest BCUT2D eigenvalue weighted by molar-refractivity contribution is 5.97. The Balaban J connectivity index is 1.35. The number of aromatic nitrogens is 4. The zero-order valence-corrected chi connectivity index (χ0v) is 15.2. The van der Waals surface area contributed by atoms with Crippen LogP contribution in [-0.2, 0) is 16.0 Å². The van der Waals surface area contributed by atoms with E-state index in [9.17, 15) is 9.59 Å². The maximum absolute atomic E-state index is 12.6. The average Bonchev–Trinajstić information content (AvgIpc) is 3.37. The number of nitrogens with one attached hydrogen (secondary N) is 1. The summed E-state index contributed by atoms with van der Waals surface area (Å²) in [6.07, 6.45) is 2.52. The molecule has 0 unspecified atom stereocenters. The Morgan fingerprint density at radius 3 is 2.79 bits per heavy atom. The molecule has 0 saturated carbocycles. The second-order valence-electron chi connectivity index (χ2n) is 6.77. The SMILES string of the molecule is O=C(Nc1cccc(-n2cnnn2)c1)[C@@H]1CC(=O)N(CCc2ccccc2)C1. The van der Waals surface area contributed by atoms with Crippen molar-refractivity contribution in [3.63, 3.8) is 0 Å². The van der Waals surface area contributed by atoms with E-state index in [0.29, 0.717) is 18.8 Å². The van der Waals surface area contributed by atoms with Crippen LogP contribution in [0.5, 0.6) is 0 Å². The summed E-state index contributed by atoms with van der Waals surface area (Å²) in [6.45, 7) is 1.07. The third kappa shape index (κ3) is 4.06. The summed E-state index contributed by atoms with van der Waals surface area (Å²) in [6, 6.07) is 17.3. The average molecular weight is 376 g/mol. The van der Waals surface area contributed by atoms with Gasteiger partial charge in [-0.05, 0) is 40.6 Å². The van der Waals surface area contributed by atoms with Gasteiger partial charge in [0.2, 0.25) is 11.8 Å². The van der Waals surface area contributed by atoms with Gasteiger partial charge in [0.05, 0.1) is 11.6 Å². The first-order valence-corrected chi connectivity index (χ1v) is 9.15. The van der Waals surface area contributed by atoms with Gasteiger partial charge in [-0.2, -0.15) is 0 Å². The van der Waals surface area contributed by atoms with E-state index in [0.717, 1.165) is 12.1 Å². The summed E-state index contributed by atoms with van der Waals surface area (Å²) in [7, 11) is 0. The van der Waals surface area contributed by atoms with Crippen LogP contribution in [0, 0.1) is 5.92 Å². The minimum atomic E-state index is -0.347. The first-order valence-electron chi connectivity index (χ1n) is 9.15. The summed E-state index contributed by atoms with van der Waals surface area (Å²) in [5, 5.41) is 14.0. The van der Waals surface area contributed by atoms with Gasteiger partial charge >= 0.3 is 0 Å². The summed E-state index contributed by atoms with van der Waals surface area (Å²) >= 11 is 0. The molecule has 1 fully saturated rings.